The molecule has 1 rings (SSSR count). The van der Waals surface area contributed by atoms with Gasteiger partial charge in [0.2, 0.25) is 5.88 Å². The van der Waals surface area contributed by atoms with Crippen LogP contribution in [0.15, 0.2) is 9.42 Å². The van der Waals surface area contributed by atoms with Gasteiger partial charge in [-0.05, 0) is 6.42 Å². The third-order valence-electron chi connectivity index (χ3n) is 1.95. The first kappa shape index (κ1) is 11.8. The predicted molar refractivity (Wildman–Crippen MR) is 57.6 cm³/mol. The Balaban J connectivity index is 3.21. The maximum Gasteiger partial charge on any atom is 0.243 e. The van der Waals surface area contributed by atoms with Crippen LogP contribution in [0.1, 0.15) is 13.3 Å². The molecule has 0 aliphatic rings. The van der Waals surface area contributed by atoms with E-state index >= 15 is 0 Å². The highest BCUT2D eigenvalue weighted by molar-refractivity contribution is 7.91. The van der Waals surface area contributed by atoms with Crippen LogP contribution in [-0.2, 0) is 9.84 Å². The summed E-state index contributed by atoms with van der Waals surface area (Å²) in [5, 5.41) is 3.65. The average molecular weight is 233 g/mol. The fraction of sp³-hybridized carbons (Fsp3) is 0.625. The van der Waals surface area contributed by atoms with E-state index in [1.54, 1.807) is 11.9 Å². The Kier molecular flexibility index (Phi) is 3.23. The Morgan fingerprint density at radius 1 is 1.53 bits per heavy atom. The molecule has 0 aliphatic carbocycles. The first-order valence-electron chi connectivity index (χ1n) is 4.54. The van der Waals surface area contributed by atoms with Crippen molar-refractivity contribution in [2.45, 2.75) is 18.2 Å². The van der Waals surface area contributed by atoms with Gasteiger partial charge in [0.15, 0.2) is 20.6 Å². The second kappa shape index (κ2) is 4.09. The maximum absolute atomic E-state index is 11.4. The fourth-order valence-corrected chi connectivity index (χ4v) is 2.25. The molecule has 86 valence electrons. The highest BCUT2D eigenvalue weighted by atomic mass is 32.2. The molecule has 7 heteroatoms. The molecule has 0 aromatic carbocycles. The van der Waals surface area contributed by atoms with Crippen molar-refractivity contribution >= 4 is 21.5 Å². The molecule has 0 unspecified atom stereocenters. The fourth-order valence-electron chi connectivity index (χ4n) is 1.32. The second-order valence-electron chi connectivity index (χ2n) is 3.39. The Morgan fingerprint density at radius 2 is 2.13 bits per heavy atom. The van der Waals surface area contributed by atoms with Crippen molar-refractivity contribution in [1.29, 1.82) is 0 Å². The van der Waals surface area contributed by atoms with Crippen LogP contribution in [0.4, 0.5) is 11.7 Å². The molecule has 0 spiro atoms. The predicted octanol–water partition coefficient (Wildman–Crippen LogP) is 0.507. The highest BCUT2D eigenvalue weighted by Gasteiger charge is 2.25. The first-order chi connectivity index (χ1) is 6.88. The first-order valence-corrected chi connectivity index (χ1v) is 6.43. The van der Waals surface area contributed by atoms with Gasteiger partial charge in [0, 0.05) is 19.8 Å². The minimum Gasteiger partial charge on any atom is -0.366 e. The number of sulfone groups is 1. The highest BCUT2D eigenvalue weighted by Crippen LogP contribution is 2.28. The number of nitrogens with zero attached hydrogens (tertiary/aromatic N) is 2. The van der Waals surface area contributed by atoms with Crippen molar-refractivity contribution in [3.05, 3.63) is 0 Å². The Hall–Kier alpha value is -1.24. The number of rotatable bonds is 4. The van der Waals surface area contributed by atoms with E-state index < -0.39 is 9.84 Å². The zero-order valence-electron chi connectivity index (χ0n) is 9.02. The van der Waals surface area contributed by atoms with Gasteiger partial charge in [-0.1, -0.05) is 12.1 Å². The minimum atomic E-state index is -3.41. The molecule has 0 fully saturated rings. The molecule has 0 radical (unpaired) electrons. The van der Waals surface area contributed by atoms with E-state index in [0.717, 1.165) is 12.7 Å². The molecule has 1 aromatic rings. The quantitative estimate of drug-likeness (QED) is 0.814. The van der Waals surface area contributed by atoms with Crippen LogP contribution in [0.3, 0.4) is 0 Å². The van der Waals surface area contributed by atoms with Gasteiger partial charge < -0.3 is 15.2 Å². The molecule has 0 amide bonds. The van der Waals surface area contributed by atoms with Crippen LogP contribution in [0.2, 0.25) is 0 Å². The maximum atomic E-state index is 11.4. The Bertz CT molecular complexity index is 438. The molecule has 0 aliphatic heterocycles. The van der Waals surface area contributed by atoms with Crippen molar-refractivity contribution in [3.8, 4) is 0 Å². The third-order valence-corrected chi connectivity index (χ3v) is 3.07. The lowest BCUT2D eigenvalue weighted by Gasteiger charge is -2.15. The average Bonchev–Trinajstić information content (AvgIpc) is 2.46. The molecule has 0 saturated heterocycles. The van der Waals surface area contributed by atoms with Crippen LogP contribution >= 0.6 is 0 Å². The lowest BCUT2D eigenvalue weighted by molar-refractivity contribution is 0.435. The second-order valence-corrected chi connectivity index (χ2v) is 5.35. The summed E-state index contributed by atoms with van der Waals surface area (Å²) in [4.78, 5) is 1.68. The zero-order valence-corrected chi connectivity index (χ0v) is 9.84. The topological polar surface area (TPSA) is 89.4 Å². The SMILES string of the molecule is CCCN(C)c1noc(N)c1S(C)(=O)=O. The molecule has 1 aromatic heterocycles. The van der Waals surface area contributed by atoms with E-state index in [9.17, 15) is 8.42 Å². The molecular formula is C8H15N3O3S. The van der Waals surface area contributed by atoms with E-state index in [2.05, 4.69) is 5.16 Å². The van der Waals surface area contributed by atoms with Gasteiger partial charge in [0.1, 0.15) is 0 Å². The van der Waals surface area contributed by atoms with E-state index in [1.807, 2.05) is 6.92 Å². The van der Waals surface area contributed by atoms with Crippen molar-refractivity contribution < 1.29 is 12.9 Å². The van der Waals surface area contributed by atoms with Crippen molar-refractivity contribution in [2.75, 3.05) is 30.5 Å². The van der Waals surface area contributed by atoms with Crippen molar-refractivity contribution in [1.82, 2.24) is 5.16 Å². The normalized spacial score (nSPS) is 11.7. The summed E-state index contributed by atoms with van der Waals surface area (Å²) < 4.78 is 27.6. The van der Waals surface area contributed by atoms with Crippen LogP contribution in [0.25, 0.3) is 0 Å². The van der Waals surface area contributed by atoms with E-state index in [0.29, 0.717) is 6.54 Å². The van der Waals surface area contributed by atoms with Gasteiger partial charge in [-0.3, -0.25) is 0 Å². The van der Waals surface area contributed by atoms with Gasteiger partial charge in [-0.15, -0.1) is 0 Å². The summed E-state index contributed by atoms with van der Waals surface area (Å²) in [7, 11) is -1.66. The summed E-state index contributed by atoms with van der Waals surface area (Å²) in [5.41, 5.74) is 5.43. The van der Waals surface area contributed by atoms with E-state index in [-0.39, 0.29) is 16.6 Å². The molecule has 0 bridgehead atoms. The summed E-state index contributed by atoms with van der Waals surface area (Å²) in [6.07, 6.45) is 1.96. The number of anilines is 2. The minimum absolute atomic E-state index is 0.0292. The summed E-state index contributed by atoms with van der Waals surface area (Å²) in [6.45, 7) is 2.68. The standard InChI is InChI=1S/C8H15N3O3S/c1-4-5-11(2)8-6(15(3,12)13)7(9)14-10-8/h4-5,9H2,1-3H3. The molecular weight excluding hydrogens is 218 g/mol. The summed E-state index contributed by atoms with van der Waals surface area (Å²) in [5.74, 6) is 0.118. The lowest BCUT2D eigenvalue weighted by Crippen LogP contribution is -2.20. The van der Waals surface area contributed by atoms with Crippen molar-refractivity contribution in [2.24, 2.45) is 0 Å². The van der Waals surface area contributed by atoms with E-state index in [4.69, 9.17) is 10.3 Å². The van der Waals surface area contributed by atoms with E-state index in [1.165, 1.54) is 0 Å². The lowest BCUT2D eigenvalue weighted by atomic mass is 10.4. The van der Waals surface area contributed by atoms with Crippen LogP contribution in [0, 0.1) is 0 Å². The monoisotopic (exact) mass is 233 g/mol. The Labute approximate surface area is 88.9 Å². The molecule has 0 saturated carbocycles. The van der Waals surface area contributed by atoms with Gasteiger partial charge in [0.05, 0.1) is 0 Å². The summed E-state index contributed by atoms with van der Waals surface area (Å²) >= 11 is 0. The number of aromatic nitrogens is 1. The van der Waals surface area contributed by atoms with Gasteiger partial charge in [-0.25, -0.2) is 8.42 Å². The molecule has 6 nitrogen and oxygen atoms in total. The molecule has 15 heavy (non-hydrogen) atoms. The smallest absolute Gasteiger partial charge is 0.243 e. The zero-order chi connectivity index (χ0) is 11.6. The van der Waals surface area contributed by atoms with Gasteiger partial charge >= 0.3 is 0 Å². The van der Waals surface area contributed by atoms with Crippen molar-refractivity contribution in [3.63, 3.8) is 0 Å². The number of nitrogen functional groups attached to an aromatic ring is 1. The van der Waals surface area contributed by atoms with Crippen LogP contribution < -0.4 is 10.6 Å². The van der Waals surface area contributed by atoms with Gasteiger partial charge in [0.25, 0.3) is 0 Å². The number of nitrogens with two attached hydrogens (primary N) is 1. The Morgan fingerprint density at radius 3 is 2.60 bits per heavy atom. The summed E-state index contributed by atoms with van der Waals surface area (Å²) in [6, 6.07) is 0. The molecule has 1 heterocycles. The molecule has 0 atom stereocenters. The third kappa shape index (κ3) is 2.41. The van der Waals surface area contributed by atoms with Crippen LogP contribution in [0.5, 0.6) is 0 Å². The number of hydrogen-bond acceptors (Lipinski definition) is 6. The largest absolute Gasteiger partial charge is 0.366 e. The van der Waals surface area contributed by atoms with Crippen LogP contribution in [-0.4, -0.2) is 33.4 Å². The molecule has 2 N–H and O–H groups in total. The van der Waals surface area contributed by atoms with Gasteiger partial charge in [-0.2, -0.15) is 0 Å². The number of hydrogen-bond donors (Lipinski definition) is 1.